The van der Waals surface area contributed by atoms with Gasteiger partial charge in [-0.1, -0.05) is 23.7 Å². The minimum absolute atomic E-state index is 0.0381. The molecule has 0 aliphatic carbocycles. The number of hydrogen-bond acceptors (Lipinski definition) is 7. The van der Waals surface area contributed by atoms with E-state index in [0.29, 0.717) is 39.2 Å². The van der Waals surface area contributed by atoms with Crippen LogP contribution in [0.4, 0.5) is 15.8 Å². The lowest BCUT2D eigenvalue weighted by molar-refractivity contribution is -0.384. The summed E-state index contributed by atoms with van der Waals surface area (Å²) in [5, 5.41) is 14.3. The van der Waals surface area contributed by atoms with Gasteiger partial charge >= 0.3 is 0 Å². The Bertz CT molecular complexity index is 1380. The highest BCUT2D eigenvalue weighted by Crippen LogP contribution is 2.39. The number of non-ortho nitro benzene ring substituents is 1. The van der Waals surface area contributed by atoms with Gasteiger partial charge in [-0.3, -0.25) is 14.9 Å². The fourth-order valence-electron chi connectivity index (χ4n) is 3.25. The van der Waals surface area contributed by atoms with Crippen LogP contribution in [0.25, 0.3) is 6.08 Å². The van der Waals surface area contributed by atoms with E-state index in [1.54, 1.807) is 30.3 Å². The average Bonchev–Trinajstić information content (AvgIpc) is 3.18. The number of nitrogens with zero attached hydrogens (tertiary/aromatic N) is 2. The van der Waals surface area contributed by atoms with E-state index in [-0.39, 0.29) is 34.8 Å². The molecule has 1 aliphatic rings. The van der Waals surface area contributed by atoms with E-state index in [9.17, 15) is 19.3 Å². The molecule has 11 heteroatoms. The lowest BCUT2D eigenvalue weighted by Crippen LogP contribution is -2.19. The summed E-state index contributed by atoms with van der Waals surface area (Å²) in [5.41, 5.74) is 1.67. The molecule has 4 rings (SSSR count). The molecular weight excluding hydrogens is 509 g/mol. The summed E-state index contributed by atoms with van der Waals surface area (Å²) < 4.78 is 24.7. The quantitative estimate of drug-likeness (QED) is 0.211. The number of nitro benzene ring substituents is 1. The summed E-state index contributed by atoms with van der Waals surface area (Å²) in [5.74, 6) is -0.0526. The number of hydrogen-bond donors (Lipinski definition) is 1. The number of amides is 1. The number of carbonyl (C=O) groups excluding carboxylic acids is 1. The number of benzene rings is 3. The molecule has 1 fully saturated rings. The molecule has 36 heavy (non-hydrogen) atoms. The van der Waals surface area contributed by atoms with Gasteiger partial charge in [-0.25, -0.2) is 9.38 Å². The van der Waals surface area contributed by atoms with Crippen LogP contribution in [0.3, 0.4) is 0 Å². The van der Waals surface area contributed by atoms with Crippen molar-refractivity contribution in [2.24, 2.45) is 4.99 Å². The van der Waals surface area contributed by atoms with Crippen molar-refractivity contribution in [3.05, 3.63) is 97.6 Å². The van der Waals surface area contributed by atoms with Crippen molar-refractivity contribution in [2.45, 2.75) is 13.5 Å². The zero-order valence-corrected chi connectivity index (χ0v) is 20.4. The Balaban J connectivity index is 1.55. The Labute approximate surface area is 214 Å². The second kappa shape index (κ2) is 11.2. The van der Waals surface area contributed by atoms with Gasteiger partial charge in [0.25, 0.3) is 11.6 Å². The summed E-state index contributed by atoms with van der Waals surface area (Å²) in [7, 11) is 0. The zero-order chi connectivity index (χ0) is 25.7. The molecule has 8 nitrogen and oxygen atoms in total. The molecule has 3 aromatic rings. The van der Waals surface area contributed by atoms with Crippen LogP contribution >= 0.6 is 23.4 Å². The van der Waals surface area contributed by atoms with Gasteiger partial charge in [-0.05, 0) is 72.3 Å². The van der Waals surface area contributed by atoms with Crippen LogP contribution < -0.4 is 14.8 Å². The molecule has 0 aromatic heterocycles. The molecule has 1 N–H and O–H groups in total. The largest absolute Gasteiger partial charge is 0.490 e. The van der Waals surface area contributed by atoms with Gasteiger partial charge < -0.3 is 14.8 Å². The lowest BCUT2D eigenvalue weighted by Gasteiger charge is -2.14. The van der Waals surface area contributed by atoms with Crippen LogP contribution in [-0.2, 0) is 11.4 Å². The molecule has 0 spiro atoms. The van der Waals surface area contributed by atoms with Crippen LogP contribution in [0.15, 0.2) is 70.6 Å². The highest BCUT2D eigenvalue weighted by molar-refractivity contribution is 8.18. The highest BCUT2D eigenvalue weighted by atomic mass is 35.5. The van der Waals surface area contributed by atoms with Gasteiger partial charge in [0.05, 0.1) is 27.1 Å². The topological polar surface area (TPSA) is 103 Å². The molecular formula is C25H19ClFN3O5S. The Morgan fingerprint density at radius 3 is 2.67 bits per heavy atom. The molecule has 0 unspecified atom stereocenters. The summed E-state index contributed by atoms with van der Waals surface area (Å²) in [6.07, 6.45) is 1.64. The average molecular weight is 528 g/mol. The molecule has 0 saturated carbocycles. The number of halogens is 2. The number of thioether (sulfide) groups is 1. The van der Waals surface area contributed by atoms with Crippen molar-refractivity contribution >= 4 is 51.9 Å². The monoisotopic (exact) mass is 527 g/mol. The molecule has 1 aliphatic heterocycles. The molecule has 1 amide bonds. The normalized spacial score (nSPS) is 15.2. The van der Waals surface area contributed by atoms with E-state index in [1.807, 2.05) is 6.92 Å². The summed E-state index contributed by atoms with van der Waals surface area (Å²) in [4.78, 5) is 27.7. The van der Waals surface area contributed by atoms with Crippen molar-refractivity contribution in [2.75, 3.05) is 6.61 Å². The van der Waals surface area contributed by atoms with E-state index < -0.39 is 4.92 Å². The van der Waals surface area contributed by atoms with Crippen LogP contribution in [0, 0.1) is 15.9 Å². The first-order valence-electron chi connectivity index (χ1n) is 10.7. The first-order valence-corrected chi connectivity index (χ1v) is 11.9. The number of carbonyl (C=O) groups is 1. The van der Waals surface area contributed by atoms with Crippen LogP contribution in [-0.4, -0.2) is 22.6 Å². The third-order valence-corrected chi connectivity index (χ3v) is 6.03. The number of aliphatic imine (C=N–C) groups is 1. The van der Waals surface area contributed by atoms with Crippen molar-refractivity contribution in [3.8, 4) is 11.5 Å². The van der Waals surface area contributed by atoms with Gasteiger partial charge in [0.2, 0.25) is 0 Å². The molecule has 0 bridgehead atoms. The lowest BCUT2D eigenvalue weighted by atomic mass is 10.1. The third kappa shape index (κ3) is 6.21. The van der Waals surface area contributed by atoms with Gasteiger partial charge in [0, 0.05) is 12.1 Å². The molecule has 1 saturated heterocycles. The fraction of sp³-hybridized carbons (Fsp3) is 0.120. The summed E-state index contributed by atoms with van der Waals surface area (Å²) in [6, 6.07) is 15.0. The maximum atomic E-state index is 13.1. The maximum absolute atomic E-state index is 13.1. The molecule has 3 aromatic carbocycles. The Hall–Kier alpha value is -3.89. The molecule has 1 heterocycles. The second-order valence-electron chi connectivity index (χ2n) is 7.44. The Morgan fingerprint density at radius 1 is 1.17 bits per heavy atom. The highest BCUT2D eigenvalue weighted by Gasteiger charge is 2.24. The SMILES string of the molecule is CCOc1cc(/C=C2/SC(=Nc3ccc(F)cc3)NC2=O)cc(Cl)c1OCc1cccc([N+](=O)[O-])c1. The van der Waals surface area contributed by atoms with E-state index in [2.05, 4.69) is 10.3 Å². The number of ether oxygens (including phenoxy) is 2. The molecule has 0 radical (unpaired) electrons. The molecule has 0 atom stereocenters. The van der Waals surface area contributed by atoms with E-state index in [4.69, 9.17) is 21.1 Å². The minimum Gasteiger partial charge on any atom is -0.490 e. The standard InChI is InChI=1S/C25H19ClFN3O5S/c1-2-34-21-12-16(11-20(26)23(21)35-14-15-4-3-5-19(10-15)30(32)33)13-22-24(31)29-25(36-22)28-18-8-6-17(27)7-9-18/h3-13H,2,14H2,1H3,(H,28,29,31)/b22-13+. The Morgan fingerprint density at radius 2 is 1.94 bits per heavy atom. The van der Waals surface area contributed by atoms with Crippen LogP contribution in [0.2, 0.25) is 5.02 Å². The van der Waals surface area contributed by atoms with Crippen molar-refractivity contribution < 1.29 is 23.6 Å². The fourth-order valence-corrected chi connectivity index (χ4v) is 4.37. The molecule has 184 valence electrons. The van der Waals surface area contributed by atoms with E-state index in [0.717, 1.165) is 11.8 Å². The second-order valence-corrected chi connectivity index (χ2v) is 8.87. The third-order valence-electron chi connectivity index (χ3n) is 4.84. The predicted octanol–water partition coefficient (Wildman–Crippen LogP) is 6.26. The number of amidine groups is 1. The van der Waals surface area contributed by atoms with Gasteiger partial charge in [0.15, 0.2) is 16.7 Å². The maximum Gasteiger partial charge on any atom is 0.269 e. The van der Waals surface area contributed by atoms with Gasteiger partial charge in [0.1, 0.15) is 12.4 Å². The van der Waals surface area contributed by atoms with Crippen LogP contribution in [0.5, 0.6) is 11.5 Å². The summed E-state index contributed by atoms with van der Waals surface area (Å²) in [6.45, 7) is 2.19. The van der Waals surface area contributed by atoms with E-state index >= 15 is 0 Å². The van der Waals surface area contributed by atoms with E-state index in [1.165, 1.54) is 36.4 Å². The predicted molar refractivity (Wildman–Crippen MR) is 137 cm³/mol. The van der Waals surface area contributed by atoms with Gasteiger partial charge in [-0.15, -0.1) is 0 Å². The first kappa shape index (κ1) is 25.2. The number of nitrogens with one attached hydrogen (secondary N) is 1. The first-order chi connectivity index (χ1) is 17.3. The number of rotatable bonds is 8. The number of nitro groups is 1. The smallest absolute Gasteiger partial charge is 0.269 e. The van der Waals surface area contributed by atoms with Gasteiger partial charge in [-0.2, -0.15) is 0 Å². The van der Waals surface area contributed by atoms with Crippen molar-refractivity contribution in [1.29, 1.82) is 0 Å². The minimum atomic E-state index is -0.475. The summed E-state index contributed by atoms with van der Waals surface area (Å²) >= 11 is 7.62. The van der Waals surface area contributed by atoms with Crippen molar-refractivity contribution in [3.63, 3.8) is 0 Å². The van der Waals surface area contributed by atoms with Crippen molar-refractivity contribution in [1.82, 2.24) is 5.32 Å². The Kier molecular flexibility index (Phi) is 7.87. The zero-order valence-electron chi connectivity index (χ0n) is 18.9. The van der Waals surface area contributed by atoms with Crippen LogP contribution in [0.1, 0.15) is 18.1 Å².